The molecular formula is C9H12ClN5O3. The molecule has 0 aromatic carbocycles. The highest BCUT2D eigenvalue weighted by atomic mass is 35.5. The molecule has 0 aliphatic heterocycles. The van der Waals surface area contributed by atoms with Gasteiger partial charge in [0.05, 0.1) is 4.92 Å². The first-order valence-corrected chi connectivity index (χ1v) is 5.43. The van der Waals surface area contributed by atoms with Gasteiger partial charge in [0.1, 0.15) is 12.2 Å². The van der Waals surface area contributed by atoms with Crippen molar-refractivity contribution in [3.8, 4) is 0 Å². The first-order chi connectivity index (χ1) is 8.32. The maximum absolute atomic E-state index is 11.2. The number of halogens is 1. The Balaban J connectivity index is 3.12. The molecule has 18 heavy (non-hydrogen) atoms. The normalized spacial score (nSPS) is 12.2. The third kappa shape index (κ3) is 3.27. The van der Waals surface area contributed by atoms with Crippen LogP contribution in [0.15, 0.2) is 6.20 Å². The number of nitrogens with two attached hydrogens (primary N) is 1. The van der Waals surface area contributed by atoms with Crippen molar-refractivity contribution in [2.45, 2.75) is 19.9 Å². The molecule has 1 amide bonds. The number of hydrogen-bond donors (Lipinski definition) is 2. The van der Waals surface area contributed by atoms with Crippen molar-refractivity contribution in [2.75, 3.05) is 5.32 Å². The Kier molecular flexibility index (Phi) is 4.38. The molecule has 0 saturated carbocycles. The second kappa shape index (κ2) is 5.58. The van der Waals surface area contributed by atoms with Gasteiger partial charge < -0.3 is 11.1 Å². The van der Waals surface area contributed by atoms with Gasteiger partial charge in [-0.1, -0.05) is 13.8 Å². The van der Waals surface area contributed by atoms with Crippen LogP contribution in [0.4, 0.5) is 11.5 Å². The lowest BCUT2D eigenvalue weighted by atomic mass is 10.0. The Bertz CT molecular complexity index is 479. The molecule has 0 fully saturated rings. The fourth-order valence-corrected chi connectivity index (χ4v) is 1.44. The minimum atomic E-state index is -0.783. The lowest BCUT2D eigenvalue weighted by Gasteiger charge is -2.19. The number of nitrogens with one attached hydrogen (secondary N) is 1. The van der Waals surface area contributed by atoms with Crippen molar-refractivity contribution in [3.63, 3.8) is 0 Å². The highest BCUT2D eigenvalue weighted by molar-refractivity contribution is 6.28. The third-order valence-electron chi connectivity index (χ3n) is 2.20. The molecule has 0 bridgehead atoms. The Morgan fingerprint density at radius 2 is 2.22 bits per heavy atom. The van der Waals surface area contributed by atoms with Gasteiger partial charge in [-0.15, -0.1) is 0 Å². The Hall–Kier alpha value is -1.96. The molecule has 1 aromatic rings. The minimum absolute atomic E-state index is 0.127. The molecule has 0 aliphatic carbocycles. The van der Waals surface area contributed by atoms with Crippen molar-refractivity contribution in [2.24, 2.45) is 11.7 Å². The number of aromatic nitrogens is 2. The van der Waals surface area contributed by atoms with Crippen molar-refractivity contribution in [3.05, 3.63) is 21.6 Å². The summed E-state index contributed by atoms with van der Waals surface area (Å²) < 4.78 is 0. The van der Waals surface area contributed by atoms with E-state index in [1.807, 2.05) is 0 Å². The van der Waals surface area contributed by atoms with E-state index in [9.17, 15) is 14.9 Å². The van der Waals surface area contributed by atoms with Gasteiger partial charge in [-0.25, -0.2) is 4.98 Å². The number of rotatable bonds is 5. The van der Waals surface area contributed by atoms with E-state index >= 15 is 0 Å². The number of hydrogen-bond acceptors (Lipinski definition) is 6. The number of nitrogens with zero attached hydrogens (tertiary/aromatic N) is 3. The van der Waals surface area contributed by atoms with E-state index in [0.29, 0.717) is 0 Å². The lowest BCUT2D eigenvalue weighted by molar-refractivity contribution is -0.384. The molecule has 0 saturated heterocycles. The topological polar surface area (TPSA) is 124 Å². The summed E-state index contributed by atoms with van der Waals surface area (Å²) in [5, 5.41) is 13.2. The van der Waals surface area contributed by atoms with Crippen LogP contribution in [0.25, 0.3) is 0 Å². The molecule has 0 spiro atoms. The van der Waals surface area contributed by atoms with Crippen LogP contribution in [-0.2, 0) is 4.79 Å². The molecule has 8 nitrogen and oxygen atoms in total. The molecule has 1 aromatic heterocycles. The van der Waals surface area contributed by atoms with Crippen LogP contribution < -0.4 is 11.1 Å². The third-order valence-corrected chi connectivity index (χ3v) is 2.38. The Labute approximate surface area is 108 Å². The van der Waals surface area contributed by atoms with Gasteiger partial charge in [0.15, 0.2) is 0 Å². The molecule has 1 rings (SSSR count). The van der Waals surface area contributed by atoms with E-state index in [0.717, 1.165) is 6.20 Å². The minimum Gasteiger partial charge on any atom is -0.368 e. The van der Waals surface area contributed by atoms with Crippen LogP contribution in [0.3, 0.4) is 0 Å². The SMILES string of the molecule is CC(C)C(Nc1nc(Cl)ncc1[N+](=O)[O-])C(N)=O. The number of primary amides is 1. The van der Waals surface area contributed by atoms with Crippen molar-refractivity contribution >= 4 is 29.0 Å². The standard InChI is InChI=1S/C9H12ClN5O3/c1-4(2)6(7(11)16)13-8-5(15(17)18)3-12-9(10)14-8/h3-4,6H,1-2H3,(H2,11,16)(H,12,13,14). The van der Waals surface area contributed by atoms with Crippen molar-refractivity contribution in [1.82, 2.24) is 9.97 Å². The number of nitro groups is 1. The maximum atomic E-state index is 11.2. The van der Waals surface area contributed by atoms with E-state index in [2.05, 4.69) is 15.3 Å². The van der Waals surface area contributed by atoms with Gasteiger partial charge in [-0.2, -0.15) is 4.98 Å². The van der Waals surface area contributed by atoms with Gasteiger partial charge in [0, 0.05) is 0 Å². The average molecular weight is 274 g/mol. The average Bonchev–Trinajstić information content (AvgIpc) is 2.24. The largest absolute Gasteiger partial charge is 0.368 e. The molecule has 0 radical (unpaired) electrons. The summed E-state index contributed by atoms with van der Waals surface area (Å²) in [6.07, 6.45) is 0.968. The summed E-state index contributed by atoms with van der Waals surface area (Å²) in [6, 6.07) is -0.783. The predicted octanol–water partition coefficient (Wildman–Crippen LogP) is 0.960. The summed E-state index contributed by atoms with van der Waals surface area (Å²) >= 11 is 5.56. The summed E-state index contributed by atoms with van der Waals surface area (Å²) in [4.78, 5) is 28.5. The molecule has 0 aliphatic rings. The van der Waals surface area contributed by atoms with Gasteiger partial charge in [-0.3, -0.25) is 14.9 Å². The molecule has 1 unspecified atom stereocenters. The zero-order valence-electron chi connectivity index (χ0n) is 9.75. The molecule has 9 heteroatoms. The zero-order chi connectivity index (χ0) is 13.9. The Morgan fingerprint density at radius 3 is 2.67 bits per heavy atom. The van der Waals surface area contributed by atoms with E-state index in [-0.39, 0.29) is 22.7 Å². The zero-order valence-corrected chi connectivity index (χ0v) is 10.5. The predicted molar refractivity (Wildman–Crippen MR) is 65.1 cm³/mol. The van der Waals surface area contributed by atoms with E-state index in [1.54, 1.807) is 13.8 Å². The van der Waals surface area contributed by atoms with Crippen molar-refractivity contribution in [1.29, 1.82) is 0 Å². The van der Waals surface area contributed by atoms with Crippen LogP contribution >= 0.6 is 11.6 Å². The highest BCUT2D eigenvalue weighted by Crippen LogP contribution is 2.23. The van der Waals surface area contributed by atoms with Crippen LogP contribution in [0.2, 0.25) is 5.28 Å². The van der Waals surface area contributed by atoms with Crippen LogP contribution in [-0.4, -0.2) is 26.8 Å². The first kappa shape index (κ1) is 14.1. The molecule has 1 atom stereocenters. The van der Waals surface area contributed by atoms with Gasteiger partial charge >= 0.3 is 5.69 Å². The van der Waals surface area contributed by atoms with E-state index < -0.39 is 16.9 Å². The second-order valence-electron chi connectivity index (χ2n) is 3.90. The number of amides is 1. The fourth-order valence-electron chi connectivity index (χ4n) is 1.31. The molecular weight excluding hydrogens is 262 g/mol. The molecule has 3 N–H and O–H groups in total. The second-order valence-corrected chi connectivity index (χ2v) is 4.24. The lowest BCUT2D eigenvalue weighted by Crippen LogP contribution is -2.40. The summed E-state index contributed by atoms with van der Waals surface area (Å²) in [5.74, 6) is -0.914. The Morgan fingerprint density at radius 1 is 1.61 bits per heavy atom. The van der Waals surface area contributed by atoms with Crippen LogP contribution in [0.1, 0.15) is 13.8 Å². The van der Waals surface area contributed by atoms with E-state index in [1.165, 1.54) is 0 Å². The molecule has 98 valence electrons. The maximum Gasteiger partial charge on any atom is 0.329 e. The quantitative estimate of drug-likeness (QED) is 0.468. The van der Waals surface area contributed by atoms with Crippen LogP contribution in [0.5, 0.6) is 0 Å². The fraction of sp³-hybridized carbons (Fsp3) is 0.444. The van der Waals surface area contributed by atoms with Crippen LogP contribution in [0, 0.1) is 16.0 Å². The summed E-state index contributed by atoms with van der Waals surface area (Å²) in [6.45, 7) is 3.49. The summed E-state index contributed by atoms with van der Waals surface area (Å²) in [7, 11) is 0. The smallest absolute Gasteiger partial charge is 0.329 e. The first-order valence-electron chi connectivity index (χ1n) is 5.05. The number of anilines is 1. The highest BCUT2D eigenvalue weighted by Gasteiger charge is 2.25. The van der Waals surface area contributed by atoms with Gasteiger partial charge in [-0.05, 0) is 17.5 Å². The van der Waals surface area contributed by atoms with E-state index in [4.69, 9.17) is 17.3 Å². The number of carbonyl (C=O) groups excluding carboxylic acids is 1. The summed E-state index contributed by atoms with van der Waals surface area (Å²) in [5.41, 5.74) is 4.83. The monoisotopic (exact) mass is 273 g/mol. The molecule has 1 heterocycles. The number of carbonyl (C=O) groups is 1. The van der Waals surface area contributed by atoms with Gasteiger partial charge in [0.2, 0.25) is 17.0 Å². The van der Waals surface area contributed by atoms with Crippen molar-refractivity contribution < 1.29 is 9.72 Å². The van der Waals surface area contributed by atoms with Gasteiger partial charge in [0.25, 0.3) is 0 Å².